The van der Waals surface area contributed by atoms with Gasteiger partial charge in [-0.15, -0.1) is 22.9 Å². The van der Waals surface area contributed by atoms with E-state index in [1.165, 1.54) is 32.1 Å². The summed E-state index contributed by atoms with van der Waals surface area (Å²) in [5.41, 5.74) is 0.961. The molecule has 4 heteroatoms. The van der Waals surface area contributed by atoms with Crippen molar-refractivity contribution in [1.82, 2.24) is 4.98 Å². The van der Waals surface area contributed by atoms with Gasteiger partial charge in [-0.2, -0.15) is 0 Å². The Morgan fingerprint density at radius 2 is 1.95 bits per heavy atom. The molecule has 0 aliphatic heterocycles. The number of hydrogen-bond acceptors (Lipinski definition) is 3. The molecule has 110 valence electrons. The first-order valence-electron chi connectivity index (χ1n) is 7.43. The van der Waals surface area contributed by atoms with Crippen molar-refractivity contribution in [1.29, 1.82) is 0 Å². The van der Waals surface area contributed by atoms with Crippen molar-refractivity contribution in [2.24, 2.45) is 0 Å². The summed E-state index contributed by atoms with van der Waals surface area (Å²) in [7, 11) is 0. The van der Waals surface area contributed by atoms with Crippen LogP contribution in [-0.2, 0) is 10.6 Å². The molecule has 0 fully saturated rings. The zero-order valence-corrected chi connectivity index (χ0v) is 13.7. The fourth-order valence-electron chi connectivity index (χ4n) is 2.00. The van der Waals surface area contributed by atoms with Gasteiger partial charge in [-0.3, -0.25) is 0 Å². The number of aromatic nitrogens is 1. The first kappa shape index (κ1) is 16.9. The van der Waals surface area contributed by atoms with Gasteiger partial charge in [0.15, 0.2) is 0 Å². The highest BCUT2D eigenvalue weighted by Crippen LogP contribution is 2.25. The molecular formula is C15H26ClNOS. The van der Waals surface area contributed by atoms with E-state index in [-0.39, 0.29) is 6.10 Å². The largest absolute Gasteiger partial charge is 0.371 e. The molecule has 0 saturated heterocycles. The maximum absolute atomic E-state index is 5.95. The van der Waals surface area contributed by atoms with Gasteiger partial charge in [0, 0.05) is 12.0 Å². The molecule has 1 rings (SSSR count). The van der Waals surface area contributed by atoms with Crippen LogP contribution >= 0.6 is 22.9 Å². The minimum atomic E-state index is 0.151. The second kappa shape index (κ2) is 10.6. The number of ether oxygens (including phenoxy) is 1. The van der Waals surface area contributed by atoms with Crippen LogP contribution in [0.2, 0.25) is 0 Å². The third-order valence-electron chi connectivity index (χ3n) is 3.17. The zero-order valence-electron chi connectivity index (χ0n) is 12.2. The normalized spacial score (nSPS) is 12.8. The Morgan fingerprint density at radius 3 is 2.58 bits per heavy atom. The maximum Gasteiger partial charge on any atom is 0.122 e. The fraction of sp³-hybridized carbons (Fsp3) is 0.800. The smallest absolute Gasteiger partial charge is 0.122 e. The van der Waals surface area contributed by atoms with Crippen LogP contribution in [0.3, 0.4) is 0 Å². The predicted octanol–water partition coefficient (Wildman–Crippen LogP) is 5.71. The van der Waals surface area contributed by atoms with E-state index < -0.39 is 0 Å². The molecule has 1 unspecified atom stereocenters. The van der Waals surface area contributed by atoms with E-state index in [0.717, 1.165) is 30.2 Å². The van der Waals surface area contributed by atoms with Crippen molar-refractivity contribution in [2.45, 2.75) is 70.8 Å². The van der Waals surface area contributed by atoms with E-state index in [4.69, 9.17) is 16.3 Å². The number of alkyl halides is 1. The average Bonchev–Trinajstić information content (AvgIpc) is 2.91. The molecule has 0 bridgehead atoms. The molecule has 0 aliphatic rings. The highest BCUT2D eigenvalue weighted by atomic mass is 35.5. The van der Waals surface area contributed by atoms with Gasteiger partial charge in [0.25, 0.3) is 0 Å². The quantitative estimate of drug-likeness (QED) is 0.386. The minimum Gasteiger partial charge on any atom is -0.371 e. The molecule has 0 spiro atoms. The van der Waals surface area contributed by atoms with E-state index in [9.17, 15) is 0 Å². The van der Waals surface area contributed by atoms with Gasteiger partial charge in [0.2, 0.25) is 0 Å². The first-order chi connectivity index (χ1) is 9.31. The lowest BCUT2D eigenvalue weighted by Crippen LogP contribution is -2.04. The molecule has 2 nitrogen and oxygen atoms in total. The second-order valence-corrected chi connectivity index (χ2v) is 6.00. The van der Waals surface area contributed by atoms with Crippen molar-refractivity contribution < 1.29 is 4.74 Å². The van der Waals surface area contributed by atoms with E-state index >= 15 is 0 Å². The number of nitrogens with zero attached hydrogens (tertiary/aromatic N) is 1. The topological polar surface area (TPSA) is 22.1 Å². The molecule has 0 radical (unpaired) electrons. The van der Waals surface area contributed by atoms with E-state index in [2.05, 4.69) is 18.8 Å². The fourth-order valence-corrected chi connectivity index (χ4v) is 3.18. The molecule has 1 aromatic heterocycles. The summed E-state index contributed by atoms with van der Waals surface area (Å²) in [6.07, 6.45) is 8.93. The minimum absolute atomic E-state index is 0.151. The molecule has 1 atom stereocenters. The summed E-state index contributed by atoms with van der Waals surface area (Å²) >= 11 is 7.44. The van der Waals surface area contributed by atoms with Crippen molar-refractivity contribution in [2.75, 3.05) is 6.61 Å². The van der Waals surface area contributed by atoms with Crippen LogP contribution in [0.4, 0.5) is 0 Å². The van der Waals surface area contributed by atoms with Crippen LogP contribution in [0, 0.1) is 0 Å². The van der Waals surface area contributed by atoms with Gasteiger partial charge in [-0.1, -0.05) is 46.0 Å². The maximum atomic E-state index is 5.95. The molecule has 19 heavy (non-hydrogen) atoms. The molecule has 0 amide bonds. The first-order valence-corrected chi connectivity index (χ1v) is 8.85. The third kappa shape index (κ3) is 6.73. The van der Waals surface area contributed by atoms with E-state index in [0.29, 0.717) is 5.88 Å². The highest BCUT2D eigenvalue weighted by molar-refractivity contribution is 7.09. The molecular weight excluding hydrogens is 278 g/mol. The summed E-state index contributed by atoms with van der Waals surface area (Å²) in [5, 5.41) is 3.10. The zero-order chi connectivity index (χ0) is 13.9. The van der Waals surface area contributed by atoms with Crippen LogP contribution < -0.4 is 0 Å². The average molecular weight is 304 g/mol. The number of rotatable bonds is 11. The standard InChI is InChI=1S/C15H26ClNOS/c1-3-5-6-7-8-9-10-18-14(4-2)15-17-13(11-16)12-19-15/h12,14H,3-11H2,1-2H3. The summed E-state index contributed by atoms with van der Waals surface area (Å²) in [5.74, 6) is 0.490. The van der Waals surface area contributed by atoms with Crippen LogP contribution in [0.5, 0.6) is 0 Å². The van der Waals surface area contributed by atoms with Gasteiger partial charge in [0.05, 0.1) is 11.6 Å². The summed E-state index contributed by atoms with van der Waals surface area (Å²) in [4.78, 5) is 4.50. The molecule has 0 aromatic carbocycles. The Bertz CT molecular complexity index is 330. The Balaban J connectivity index is 2.18. The molecule has 0 saturated carbocycles. The molecule has 0 aliphatic carbocycles. The Labute approximate surface area is 126 Å². The second-order valence-electron chi connectivity index (χ2n) is 4.85. The van der Waals surface area contributed by atoms with Gasteiger partial charge in [-0.25, -0.2) is 4.98 Å². The van der Waals surface area contributed by atoms with E-state index in [1.807, 2.05) is 5.38 Å². The molecule has 1 heterocycles. The number of hydrogen-bond donors (Lipinski definition) is 0. The lowest BCUT2D eigenvalue weighted by molar-refractivity contribution is 0.0470. The van der Waals surface area contributed by atoms with Gasteiger partial charge >= 0.3 is 0 Å². The van der Waals surface area contributed by atoms with Crippen LogP contribution in [0.25, 0.3) is 0 Å². The van der Waals surface area contributed by atoms with Crippen molar-refractivity contribution in [3.8, 4) is 0 Å². The van der Waals surface area contributed by atoms with E-state index in [1.54, 1.807) is 11.3 Å². The number of halogens is 1. The number of unbranched alkanes of at least 4 members (excludes halogenated alkanes) is 5. The molecule has 0 N–H and O–H groups in total. The Kier molecular flexibility index (Phi) is 9.48. The number of thiazole rings is 1. The summed E-state index contributed by atoms with van der Waals surface area (Å²) in [6.45, 7) is 5.24. The van der Waals surface area contributed by atoms with Crippen LogP contribution in [-0.4, -0.2) is 11.6 Å². The van der Waals surface area contributed by atoms with Crippen LogP contribution in [0.15, 0.2) is 5.38 Å². The van der Waals surface area contributed by atoms with Crippen LogP contribution in [0.1, 0.15) is 75.6 Å². The van der Waals surface area contributed by atoms with Crippen molar-refractivity contribution in [3.63, 3.8) is 0 Å². The van der Waals surface area contributed by atoms with Crippen molar-refractivity contribution in [3.05, 3.63) is 16.1 Å². The summed E-state index contributed by atoms with van der Waals surface area (Å²) < 4.78 is 5.95. The Hall–Kier alpha value is -0.120. The van der Waals surface area contributed by atoms with Gasteiger partial charge in [-0.05, 0) is 12.8 Å². The monoisotopic (exact) mass is 303 g/mol. The molecule has 1 aromatic rings. The van der Waals surface area contributed by atoms with Gasteiger partial charge < -0.3 is 4.74 Å². The van der Waals surface area contributed by atoms with Crippen molar-refractivity contribution >= 4 is 22.9 Å². The highest BCUT2D eigenvalue weighted by Gasteiger charge is 2.13. The summed E-state index contributed by atoms with van der Waals surface area (Å²) in [6, 6.07) is 0. The lowest BCUT2D eigenvalue weighted by atomic mass is 10.1. The third-order valence-corrected chi connectivity index (χ3v) is 4.43. The lowest BCUT2D eigenvalue weighted by Gasteiger charge is -2.13. The predicted molar refractivity (Wildman–Crippen MR) is 84.0 cm³/mol. The Morgan fingerprint density at radius 1 is 1.21 bits per heavy atom. The SMILES string of the molecule is CCCCCCCCOC(CC)c1nc(CCl)cs1. The van der Waals surface area contributed by atoms with Gasteiger partial charge in [0.1, 0.15) is 11.1 Å².